The maximum Gasteiger partial charge on any atom is 0.0620 e. The van der Waals surface area contributed by atoms with Gasteiger partial charge in [-0.15, -0.1) is 0 Å². The van der Waals surface area contributed by atoms with Gasteiger partial charge in [-0.05, 0) is 25.1 Å². The fourth-order valence-corrected chi connectivity index (χ4v) is 2.41. The monoisotopic (exact) mass is 175 g/mol. The lowest BCUT2D eigenvalue weighted by Gasteiger charge is -2.15. The molecule has 1 saturated heterocycles. The molecule has 10 heavy (non-hydrogen) atoms. The molecule has 0 spiro atoms. The lowest BCUT2D eigenvalue weighted by atomic mass is 10.2. The molecule has 0 aromatic carbocycles. The molecule has 0 radical (unpaired) electrons. The summed E-state index contributed by atoms with van der Waals surface area (Å²) in [4.78, 5) is 3.95. The van der Waals surface area contributed by atoms with E-state index in [0.29, 0.717) is 6.04 Å². The van der Waals surface area contributed by atoms with Crippen LogP contribution in [0.1, 0.15) is 12.8 Å². The highest BCUT2D eigenvalue weighted by Crippen LogP contribution is 2.11. The van der Waals surface area contributed by atoms with Crippen LogP contribution in [0.4, 0.5) is 0 Å². The third kappa shape index (κ3) is 2.29. The highest BCUT2D eigenvalue weighted by molar-refractivity contribution is 7.85. The molecule has 1 heterocycles. The number of isothiocyanates is 1. The SMILES string of the molecule is O=S1CCC(N=C=S)CC1. The van der Waals surface area contributed by atoms with E-state index in [-0.39, 0.29) is 0 Å². The number of hydrogen-bond donors (Lipinski definition) is 0. The van der Waals surface area contributed by atoms with E-state index in [9.17, 15) is 4.21 Å². The Morgan fingerprint density at radius 1 is 1.50 bits per heavy atom. The first-order chi connectivity index (χ1) is 4.83. The van der Waals surface area contributed by atoms with Gasteiger partial charge >= 0.3 is 0 Å². The molecule has 1 rings (SSSR count). The summed E-state index contributed by atoms with van der Waals surface area (Å²) in [5.74, 6) is 1.57. The van der Waals surface area contributed by atoms with Crippen molar-refractivity contribution in [3.05, 3.63) is 0 Å². The van der Waals surface area contributed by atoms with Crippen LogP contribution in [0.2, 0.25) is 0 Å². The Labute approximate surface area is 68.2 Å². The summed E-state index contributed by atoms with van der Waals surface area (Å²) in [6, 6.07) is 0.301. The van der Waals surface area contributed by atoms with Crippen molar-refractivity contribution >= 4 is 28.2 Å². The van der Waals surface area contributed by atoms with E-state index in [1.807, 2.05) is 0 Å². The molecule has 0 aliphatic carbocycles. The van der Waals surface area contributed by atoms with Crippen LogP contribution in [0.25, 0.3) is 0 Å². The van der Waals surface area contributed by atoms with Crippen molar-refractivity contribution in [2.75, 3.05) is 11.5 Å². The molecule has 0 N–H and O–H groups in total. The molecular formula is C6H9NOS2. The van der Waals surface area contributed by atoms with E-state index in [1.54, 1.807) is 0 Å². The lowest BCUT2D eigenvalue weighted by molar-refractivity contribution is 0.602. The molecule has 4 heteroatoms. The zero-order valence-electron chi connectivity index (χ0n) is 5.58. The summed E-state index contributed by atoms with van der Waals surface area (Å²) < 4.78 is 10.8. The minimum absolute atomic E-state index is 0.301. The van der Waals surface area contributed by atoms with E-state index in [1.165, 1.54) is 0 Å². The fourth-order valence-electron chi connectivity index (χ4n) is 0.985. The van der Waals surface area contributed by atoms with E-state index in [4.69, 9.17) is 0 Å². The third-order valence-electron chi connectivity index (χ3n) is 1.59. The number of nitrogens with zero attached hydrogens (tertiary/aromatic N) is 1. The van der Waals surface area contributed by atoms with Crippen molar-refractivity contribution in [3.8, 4) is 0 Å². The first kappa shape index (κ1) is 8.05. The Morgan fingerprint density at radius 3 is 2.60 bits per heavy atom. The van der Waals surface area contributed by atoms with Crippen LogP contribution in [0.5, 0.6) is 0 Å². The van der Waals surface area contributed by atoms with Gasteiger partial charge in [-0.1, -0.05) is 0 Å². The molecular weight excluding hydrogens is 166 g/mol. The zero-order chi connectivity index (χ0) is 7.40. The van der Waals surface area contributed by atoms with Crippen LogP contribution in [-0.4, -0.2) is 26.9 Å². The average Bonchev–Trinajstić information content (AvgIpc) is 1.95. The van der Waals surface area contributed by atoms with Crippen LogP contribution >= 0.6 is 12.2 Å². The number of hydrogen-bond acceptors (Lipinski definition) is 3. The summed E-state index contributed by atoms with van der Waals surface area (Å²) in [5, 5.41) is 2.36. The lowest BCUT2D eigenvalue weighted by Crippen LogP contribution is -2.20. The van der Waals surface area contributed by atoms with Gasteiger partial charge in [-0.2, -0.15) is 0 Å². The van der Waals surface area contributed by atoms with Gasteiger partial charge in [-0.25, -0.2) is 4.99 Å². The molecule has 56 valence electrons. The topological polar surface area (TPSA) is 29.4 Å². The van der Waals surface area contributed by atoms with Gasteiger partial charge in [0.2, 0.25) is 0 Å². The maximum absolute atomic E-state index is 10.8. The van der Waals surface area contributed by atoms with Crippen molar-refractivity contribution in [2.24, 2.45) is 4.99 Å². The van der Waals surface area contributed by atoms with Gasteiger partial charge in [0, 0.05) is 22.3 Å². The van der Waals surface area contributed by atoms with Crippen LogP contribution < -0.4 is 0 Å². The zero-order valence-corrected chi connectivity index (χ0v) is 7.21. The van der Waals surface area contributed by atoms with Crippen LogP contribution in [0.3, 0.4) is 0 Å². The summed E-state index contributed by atoms with van der Waals surface area (Å²) in [6.07, 6.45) is 1.83. The molecule has 0 atom stereocenters. The predicted octanol–water partition coefficient (Wildman–Crippen LogP) is 1.00. The number of thiocarbonyl (C=S) groups is 1. The molecule has 2 nitrogen and oxygen atoms in total. The van der Waals surface area contributed by atoms with Crippen molar-refractivity contribution in [1.29, 1.82) is 0 Å². The number of aliphatic imine (C=N–C) groups is 1. The standard InChI is InChI=1S/C6H9NOS2/c8-10-3-1-6(2-4-10)7-5-9/h6H,1-4H2. The molecule has 0 amide bonds. The third-order valence-corrected chi connectivity index (χ3v) is 3.08. The molecule has 1 aliphatic rings. The van der Waals surface area contributed by atoms with E-state index < -0.39 is 10.8 Å². The minimum atomic E-state index is -0.586. The van der Waals surface area contributed by atoms with Gasteiger partial charge in [0.1, 0.15) is 0 Å². The van der Waals surface area contributed by atoms with E-state index >= 15 is 0 Å². The molecule has 1 fully saturated rings. The number of rotatable bonds is 1. The summed E-state index contributed by atoms with van der Waals surface area (Å²) in [5.41, 5.74) is 0. The van der Waals surface area contributed by atoms with E-state index in [0.717, 1.165) is 24.3 Å². The largest absolute Gasteiger partial charge is 0.260 e. The van der Waals surface area contributed by atoms with Gasteiger partial charge < -0.3 is 0 Å². The second kappa shape index (κ2) is 3.96. The smallest absolute Gasteiger partial charge is 0.0620 e. The maximum atomic E-state index is 10.8. The predicted molar refractivity (Wildman–Crippen MR) is 45.9 cm³/mol. The summed E-state index contributed by atoms with van der Waals surface area (Å²) in [7, 11) is -0.586. The Balaban J connectivity index is 2.39. The molecule has 0 aromatic rings. The average molecular weight is 175 g/mol. The second-order valence-electron chi connectivity index (χ2n) is 2.30. The quantitative estimate of drug-likeness (QED) is 0.439. The molecule has 0 saturated carbocycles. The van der Waals surface area contributed by atoms with Gasteiger partial charge in [0.25, 0.3) is 0 Å². The molecule has 1 aliphatic heterocycles. The van der Waals surface area contributed by atoms with Gasteiger partial charge in [-0.3, -0.25) is 4.21 Å². The Hall–Kier alpha value is -0.0500. The fraction of sp³-hybridized carbons (Fsp3) is 0.833. The first-order valence-electron chi connectivity index (χ1n) is 3.25. The van der Waals surface area contributed by atoms with Crippen molar-refractivity contribution in [1.82, 2.24) is 0 Å². The highest BCUT2D eigenvalue weighted by atomic mass is 32.2. The Kier molecular flexibility index (Phi) is 3.19. The summed E-state index contributed by atoms with van der Waals surface area (Å²) in [6.45, 7) is 0. The van der Waals surface area contributed by atoms with E-state index in [2.05, 4.69) is 22.4 Å². The van der Waals surface area contributed by atoms with Crippen molar-refractivity contribution in [2.45, 2.75) is 18.9 Å². The minimum Gasteiger partial charge on any atom is -0.260 e. The van der Waals surface area contributed by atoms with Crippen molar-refractivity contribution < 1.29 is 4.21 Å². The Morgan fingerprint density at radius 2 is 2.10 bits per heavy atom. The first-order valence-corrected chi connectivity index (χ1v) is 5.14. The van der Waals surface area contributed by atoms with Gasteiger partial charge in [0.15, 0.2) is 0 Å². The second-order valence-corrected chi connectivity index (χ2v) is 4.18. The molecule has 0 aromatic heterocycles. The molecule has 0 bridgehead atoms. The van der Waals surface area contributed by atoms with Crippen LogP contribution in [0, 0.1) is 0 Å². The van der Waals surface area contributed by atoms with Crippen molar-refractivity contribution in [3.63, 3.8) is 0 Å². The Bertz CT molecular complexity index is 176. The van der Waals surface area contributed by atoms with Gasteiger partial charge in [0.05, 0.1) is 11.2 Å². The highest BCUT2D eigenvalue weighted by Gasteiger charge is 2.15. The normalized spacial score (nSPS) is 32.8. The van der Waals surface area contributed by atoms with Crippen LogP contribution in [0.15, 0.2) is 4.99 Å². The molecule has 0 unspecified atom stereocenters. The van der Waals surface area contributed by atoms with Crippen LogP contribution in [-0.2, 0) is 10.8 Å². The summed E-state index contributed by atoms with van der Waals surface area (Å²) >= 11 is 4.47.